The van der Waals surface area contributed by atoms with Crippen LogP contribution in [0.2, 0.25) is 0 Å². The van der Waals surface area contributed by atoms with E-state index in [0.717, 1.165) is 19.1 Å². The van der Waals surface area contributed by atoms with E-state index >= 15 is 0 Å². The second-order valence-corrected chi connectivity index (χ2v) is 5.24. The summed E-state index contributed by atoms with van der Waals surface area (Å²) in [4.78, 5) is 0. The fraction of sp³-hybridized carbons (Fsp3) is 0. The fourth-order valence-corrected chi connectivity index (χ4v) is 2.30. The normalized spacial score (nSPS) is 9.77. The third kappa shape index (κ3) is 3.19. The van der Waals surface area contributed by atoms with Crippen molar-refractivity contribution < 1.29 is 0 Å². The van der Waals surface area contributed by atoms with Crippen molar-refractivity contribution in [3.8, 4) is 0 Å². The van der Waals surface area contributed by atoms with Gasteiger partial charge in [-0.05, 0) is 72.1 Å². The summed E-state index contributed by atoms with van der Waals surface area (Å²) in [5.41, 5.74) is 6.19. The first-order valence-corrected chi connectivity index (χ1v) is 6.00. The highest BCUT2D eigenvalue weighted by molar-refractivity contribution is 9.13. The van der Waals surface area contributed by atoms with Crippen molar-refractivity contribution in [1.29, 1.82) is 0 Å². The summed E-state index contributed by atoms with van der Waals surface area (Å²) in [6.07, 6.45) is 0. The van der Waals surface area contributed by atoms with E-state index < -0.39 is 0 Å². The van der Waals surface area contributed by atoms with Crippen LogP contribution in [0.15, 0.2) is 25.6 Å². The Morgan fingerprint density at radius 1 is 1.15 bits per heavy atom. The van der Waals surface area contributed by atoms with E-state index in [9.17, 15) is 0 Å². The molecule has 0 aliphatic heterocycles. The van der Waals surface area contributed by atoms with Crippen molar-refractivity contribution in [1.82, 2.24) is 0 Å². The van der Waals surface area contributed by atoms with Crippen LogP contribution in [0.25, 0.3) is 0 Å². The van der Waals surface area contributed by atoms with Crippen LogP contribution in [0.3, 0.4) is 0 Å². The minimum Gasteiger partial charge on any atom is -0.376 e. The maximum absolute atomic E-state index is 5.35. The van der Waals surface area contributed by atoms with Gasteiger partial charge in [0.25, 0.3) is 0 Å². The van der Waals surface area contributed by atoms with Gasteiger partial charge in [-0.3, -0.25) is 0 Å². The molecule has 0 radical (unpaired) electrons. The number of halogens is 3. The monoisotopic (exact) mass is 386 g/mol. The summed E-state index contributed by atoms with van der Waals surface area (Å²) in [6.45, 7) is 0. The quantitative estimate of drug-likeness (QED) is 0.570. The van der Waals surface area contributed by atoms with Gasteiger partial charge in [0.2, 0.25) is 0 Å². The lowest BCUT2D eigenvalue weighted by Crippen LogP contribution is -2.19. The molecule has 0 aromatic heterocycles. The van der Waals surface area contributed by atoms with Crippen molar-refractivity contribution in [2.24, 2.45) is 5.73 Å². The predicted molar refractivity (Wildman–Crippen MR) is 70.0 cm³/mol. The average Bonchev–Trinajstić information content (AvgIpc) is 1.99. The predicted octanol–water partition coefficient (Wildman–Crippen LogP) is 3.63. The third-order valence-corrected chi connectivity index (χ3v) is 3.87. The zero-order valence-corrected chi connectivity index (χ0v) is 11.8. The van der Waals surface area contributed by atoms with Crippen LogP contribution < -0.4 is 11.1 Å². The minimum absolute atomic E-state index is 0.245. The van der Waals surface area contributed by atoms with Gasteiger partial charge in [0, 0.05) is 13.4 Å². The van der Waals surface area contributed by atoms with Gasteiger partial charge in [-0.2, -0.15) is 0 Å². The number of hydrogen-bond donors (Lipinski definition) is 2. The van der Waals surface area contributed by atoms with Gasteiger partial charge in [0.05, 0.1) is 5.69 Å². The first-order valence-electron chi connectivity index (χ1n) is 3.21. The largest absolute Gasteiger partial charge is 0.376 e. The number of nitrogens with two attached hydrogens (primary N) is 1. The number of rotatable bonds is 1. The molecule has 1 rings (SSSR count). The maximum Gasteiger partial charge on any atom is 0.168 e. The molecule has 0 aliphatic rings. The Morgan fingerprint density at radius 3 is 2.23 bits per heavy atom. The van der Waals surface area contributed by atoms with E-state index in [2.05, 4.69) is 53.1 Å². The summed E-state index contributed by atoms with van der Waals surface area (Å²) < 4.78 is 2.80. The average molecular weight is 389 g/mol. The van der Waals surface area contributed by atoms with Crippen LogP contribution in [0.1, 0.15) is 0 Å². The number of thiocarbonyl (C=S) groups is 1. The molecule has 0 saturated carbocycles. The minimum atomic E-state index is 0.245. The number of benzene rings is 1. The molecule has 0 amide bonds. The maximum atomic E-state index is 5.35. The second kappa shape index (κ2) is 4.72. The zero-order valence-electron chi connectivity index (χ0n) is 6.27. The van der Waals surface area contributed by atoms with Gasteiger partial charge >= 0.3 is 0 Å². The Morgan fingerprint density at radius 2 is 1.69 bits per heavy atom. The third-order valence-electron chi connectivity index (χ3n) is 1.27. The molecule has 0 spiro atoms. The molecule has 0 bridgehead atoms. The van der Waals surface area contributed by atoms with Gasteiger partial charge in [-0.1, -0.05) is 0 Å². The Labute approximate surface area is 107 Å². The van der Waals surface area contributed by atoms with Crippen molar-refractivity contribution in [3.05, 3.63) is 25.6 Å². The Balaban J connectivity index is 3.08. The van der Waals surface area contributed by atoms with Crippen LogP contribution in [-0.4, -0.2) is 5.11 Å². The molecular weight excluding hydrogens is 384 g/mol. The highest BCUT2D eigenvalue weighted by Crippen LogP contribution is 2.32. The molecule has 13 heavy (non-hydrogen) atoms. The number of anilines is 1. The molecular formula is C7H5Br3N2S. The van der Waals surface area contributed by atoms with Gasteiger partial charge < -0.3 is 11.1 Å². The highest BCUT2D eigenvalue weighted by atomic mass is 79.9. The molecule has 1 aromatic carbocycles. The lowest BCUT2D eigenvalue weighted by atomic mass is 10.3. The van der Waals surface area contributed by atoms with Crippen LogP contribution in [-0.2, 0) is 0 Å². The van der Waals surface area contributed by atoms with E-state index in [-0.39, 0.29) is 5.11 Å². The Hall–Kier alpha value is 0.350. The fourth-order valence-electron chi connectivity index (χ4n) is 0.751. The molecule has 0 heterocycles. The first-order chi connectivity index (χ1) is 6.00. The molecule has 0 unspecified atom stereocenters. The Bertz CT molecular complexity index is 354. The van der Waals surface area contributed by atoms with Crippen molar-refractivity contribution in [2.75, 3.05) is 5.32 Å². The van der Waals surface area contributed by atoms with Crippen LogP contribution >= 0.6 is 60.0 Å². The van der Waals surface area contributed by atoms with Crippen molar-refractivity contribution in [3.63, 3.8) is 0 Å². The molecule has 0 aliphatic carbocycles. The van der Waals surface area contributed by atoms with E-state index in [1.165, 1.54) is 0 Å². The summed E-state index contributed by atoms with van der Waals surface area (Å²) in [5, 5.41) is 3.10. The van der Waals surface area contributed by atoms with Crippen LogP contribution in [0, 0.1) is 0 Å². The first kappa shape index (κ1) is 11.4. The summed E-state index contributed by atoms with van der Waals surface area (Å²) in [6, 6.07) is 3.79. The number of nitrogens with one attached hydrogen (secondary N) is 1. The number of hydrogen-bond acceptors (Lipinski definition) is 1. The lowest BCUT2D eigenvalue weighted by Gasteiger charge is -2.07. The summed E-state index contributed by atoms with van der Waals surface area (Å²) in [7, 11) is 0. The molecule has 0 atom stereocenters. The molecule has 6 heteroatoms. The highest BCUT2D eigenvalue weighted by Gasteiger charge is 2.04. The SMILES string of the molecule is NC(=S)Nc1cc(Br)c(Br)cc1Br. The summed E-state index contributed by atoms with van der Waals surface area (Å²) in [5.74, 6) is 0. The van der Waals surface area contributed by atoms with E-state index in [4.69, 9.17) is 18.0 Å². The standard InChI is InChI=1S/C7H5Br3N2S/c8-3-1-5(10)6(2-4(3)9)12-7(11)13/h1-2H,(H3,11,12,13). The van der Waals surface area contributed by atoms with Gasteiger partial charge in [0.15, 0.2) is 5.11 Å². The van der Waals surface area contributed by atoms with Gasteiger partial charge in [0.1, 0.15) is 0 Å². The van der Waals surface area contributed by atoms with Gasteiger partial charge in [-0.25, -0.2) is 0 Å². The summed E-state index contributed by atoms with van der Waals surface area (Å²) >= 11 is 14.9. The molecule has 70 valence electrons. The van der Waals surface area contributed by atoms with Crippen molar-refractivity contribution >= 4 is 70.8 Å². The molecule has 1 aromatic rings. The topological polar surface area (TPSA) is 38.0 Å². The molecule has 2 nitrogen and oxygen atoms in total. The molecule has 0 fully saturated rings. The molecule has 0 saturated heterocycles. The van der Waals surface area contributed by atoms with E-state index in [1.54, 1.807) is 0 Å². The van der Waals surface area contributed by atoms with Crippen molar-refractivity contribution in [2.45, 2.75) is 0 Å². The van der Waals surface area contributed by atoms with Crippen LogP contribution in [0.4, 0.5) is 5.69 Å². The lowest BCUT2D eigenvalue weighted by molar-refractivity contribution is 1.51. The van der Waals surface area contributed by atoms with Gasteiger partial charge in [-0.15, -0.1) is 0 Å². The van der Waals surface area contributed by atoms with Crippen LogP contribution in [0.5, 0.6) is 0 Å². The van der Waals surface area contributed by atoms with E-state index in [0.29, 0.717) is 0 Å². The zero-order chi connectivity index (χ0) is 10.0. The molecule has 3 N–H and O–H groups in total. The van der Waals surface area contributed by atoms with E-state index in [1.807, 2.05) is 12.1 Å². The second-order valence-electron chi connectivity index (χ2n) is 2.24. The smallest absolute Gasteiger partial charge is 0.168 e. The Kier molecular flexibility index (Phi) is 4.15.